The molecule has 2 rings (SSSR count). The molecule has 1 aromatic rings. The summed E-state index contributed by atoms with van der Waals surface area (Å²) in [7, 11) is 1.79. The number of aromatic nitrogens is 2. The minimum atomic E-state index is 0.362. The first-order chi connectivity index (χ1) is 8.58. The molecule has 0 spiro atoms. The molecule has 4 nitrogen and oxygen atoms in total. The zero-order chi connectivity index (χ0) is 13.1. The standard InChI is InChI=1S/C14H23N3O/c1-9(2)14-15-10(3)7-13(17-14)16-11-5-6-12(8-11)18-4/h7,9,11-12H,5-6,8H2,1-4H3,(H,15,16,17). The van der Waals surface area contributed by atoms with Crippen LogP contribution in [0.15, 0.2) is 6.07 Å². The molecule has 0 bridgehead atoms. The van der Waals surface area contributed by atoms with Crippen molar-refractivity contribution in [1.82, 2.24) is 9.97 Å². The minimum Gasteiger partial charge on any atom is -0.381 e. The number of nitrogens with zero attached hydrogens (tertiary/aromatic N) is 2. The summed E-state index contributed by atoms with van der Waals surface area (Å²) in [6.07, 6.45) is 3.75. The molecule has 4 heteroatoms. The third-order valence-electron chi connectivity index (χ3n) is 3.46. The van der Waals surface area contributed by atoms with Crippen LogP contribution in [0.5, 0.6) is 0 Å². The first-order valence-corrected chi connectivity index (χ1v) is 6.73. The van der Waals surface area contributed by atoms with Crippen molar-refractivity contribution >= 4 is 5.82 Å². The molecule has 2 unspecified atom stereocenters. The van der Waals surface area contributed by atoms with Crippen LogP contribution in [0.3, 0.4) is 0 Å². The summed E-state index contributed by atoms with van der Waals surface area (Å²) in [5.41, 5.74) is 1.03. The van der Waals surface area contributed by atoms with Crippen LogP contribution >= 0.6 is 0 Å². The lowest BCUT2D eigenvalue weighted by atomic mass is 10.2. The second-order valence-corrected chi connectivity index (χ2v) is 5.42. The van der Waals surface area contributed by atoms with E-state index in [9.17, 15) is 0 Å². The minimum absolute atomic E-state index is 0.362. The van der Waals surface area contributed by atoms with E-state index in [-0.39, 0.29) is 0 Å². The van der Waals surface area contributed by atoms with E-state index in [2.05, 4.69) is 29.1 Å². The van der Waals surface area contributed by atoms with Crippen LogP contribution in [0.2, 0.25) is 0 Å². The van der Waals surface area contributed by atoms with Gasteiger partial charge in [0.15, 0.2) is 0 Å². The van der Waals surface area contributed by atoms with Gasteiger partial charge < -0.3 is 10.1 Å². The maximum absolute atomic E-state index is 5.39. The molecule has 1 aliphatic carbocycles. The summed E-state index contributed by atoms with van der Waals surface area (Å²) < 4.78 is 5.39. The van der Waals surface area contributed by atoms with Crippen molar-refractivity contribution in [3.63, 3.8) is 0 Å². The zero-order valence-corrected chi connectivity index (χ0v) is 11.7. The molecule has 100 valence electrons. The summed E-state index contributed by atoms with van der Waals surface area (Å²) >= 11 is 0. The predicted octanol–water partition coefficient (Wildman–Crippen LogP) is 2.89. The summed E-state index contributed by atoms with van der Waals surface area (Å²) in [6, 6.07) is 2.50. The van der Waals surface area contributed by atoms with E-state index in [0.717, 1.165) is 36.6 Å². The molecule has 1 N–H and O–H groups in total. The maximum Gasteiger partial charge on any atom is 0.133 e. The molecular formula is C14H23N3O. The lowest BCUT2D eigenvalue weighted by Crippen LogP contribution is -2.19. The Balaban J connectivity index is 2.05. The number of hydrogen-bond donors (Lipinski definition) is 1. The largest absolute Gasteiger partial charge is 0.381 e. The highest BCUT2D eigenvalue weighted by Crippen LogP contribution is 2.24. The van der Waals surface area contributed by atoms with Crippen molar-refractivity contribution in [2.45, 2.75) is 58.1 Å². The van der Waals surface area contributed by atoms with Gasteiger partial charge in [0.1, 0.15) is 11.6 Å². The Hall–Kier alpha value is -1.16. The van der Waals surface area contributed by atoms with Gasteiger partial charge >= 0.3 is 0 Å². The monoisotopic (exact) mass is 249 g/mol. The van der Waals surface area contributed by atoms with Crippen LogP contribution < -0.4 is 5.32 Å². The van der Waals surface area contributed by atoms with Gasteiger partial charge in [0.2, 0.25) is 0 Å². The second kappa shape index (κ2) is 5.65. The van der Waals surface area contributed by atoms with Crippen molar-refractivity contribution in [3.8, 4) is 0 Å². The normalized spacial score (nSPS) is 23.6. The van der Waals surface area contributed by atoms with E-state index >= 15 is 0 Å². The SMILES string of the molecule is COC1CCC(Nc2cc(C)nc(C(C)C)n2)C1. The average molecular weight is 249 g/mol. The highest BCUT2D eigenvalue weighted by Gasteiger charge is 2.24. The van der Waals surface area contributed by atoms with Crippen molar-refractivity contribution in [2.24, 2.45) is 0 Å². The van der Waals surface area contributed by atoms with Crippen molar-refractivity contribution in [2.75, 3.05) is 12.4 Å². The van der Waals surface area contributed by atoms with Crippen molar-refractivity contribution in [3.05, 3.63) is 17.6 Å². The lowest BCUT2D eigenvalue weighted by Gasteiger charge is -2.15. The third-order valence-corrected chi connectivity index (χ3v) is 3.46. The predicted molar refractivity (Wildman–Crippen MR) is 72.9 cm³/mol. The molecule has 1 aliphatic rings. The molecule has 2 atom stereocenters. The first kappa shape index (κ1) is 13.3. The molecular weight excluding hydrogens is 226 g/mol. The Morgan fingerprint density at radius 1 is 1.33 bits per heavy atom. The van der Waals surface area contributed by atoms with Crippen LogP contribution in [0.4, 0.5) is 5.82 Å². The van der Waals surface area contributed by atoms with Gasteiger partial charge in [0.05, 0.1) is 6.10 Å². The van der Waals surface area contributed by atoms with Crippen LogP contribution in [0, 0.1) is 6.92 Å². The average Bonchev–Trinajstić information content (AvgIpc) is 2.76. The van der Waals surface area contributed by atoms with E-state index in [4.69, 9.17) is 4.74 Å². The number of ether oxygens (including phenoxy) is 1. The van der Waals surface area contributed by atoms with Crippen LogP contribution in [0.1, 0.15) is 50.5 Å². The molecule has 1 saturated carbocycles. The van der Waals surface area contributed by atoms with Gasteiger partial charge in [0.25, 0.3) is 0 Å². The number of methoxy groups -OCH3 is 1. The van der Waals surface area contributed by atoms with E-state index < -0.39 is 0 Å². The first-order valence-electron chi connectivity index (χ1n) is 6.73. The smallest absolute Gasteiger partial charge is 0.133 e. The molecule has 0 saturated heterocycles. The zero-order valence-electron chi connectivity index (χ0n) is 11.7. The van der Waals surface area contributed by atoms with Crippen molar-refractivity contribution in [1.29, 1.82) is 0 Å². The fraction of sp³-hybridized carbons (Fsp3) is 0.714. The highest BCUT2D eigenvalue weighted by molar-refractivity contribution is 5.37. The third kappa shape index (κ3) is 3.19. The Labute approximate surface area is 109 Å². The van der Waals surface area contributed by atoms with Crippen molar-refractivity contribution < 1.29 is 4.74 Å². The molecule has 0 aromatic carbocycles. The quantitative estimate of drug-likeness (QED) is 0.891. The lowest BCUT2D eigenvalue weighted by molar-refractivity contribution is 0.108. The Bertz CT molecular complexity index is 406. The fourth-order valence-corrected chi connectivity index (χ4v) is 2.42. The number of rotatable bonds is 4. The van der Waals surface area contributed by atoms with Gasteiger partial charge in [-0.1, -0.05) is 13.8 Å². The molecule has 0 amide bonds. The summed E-state index contributed by atoms with van der Waals surface area (Å²) in [5.74, 6) is 2.23. The summed E-state index contributed by atoms with van der Waals surface area (Å²) in [6.45, 7) is 6.26. The van der Waals surface area contributed by atoms with E-state index in [1.165, 1.54) is 0 Å². The molecule has 18 heavy (non-hydrogen) atoms. The number of hydrogen-bond acceptors (Lipinski definition) is 4. The van der Waals surface area contributed by atoms with Crippen LogP contribution in [-0.4, -0.2) is 29.2 Å². The van der Waals surface area contributed by atoms with Gasteiger partial charge in [-0.05, 0) is 26.2 Å². The van der Waals surface area contributed by atoms with E-state index in [1.807, 2.05) is 13.0 Å². The van der Waals surface area contributed by atoms with Gasteiger partial charge in [-0.2, -0.15) is 0 Å². The molecule has 0 radical (unpaired) electrons. The second-order valence-electron chi connectivity index (χ2n) is 5.42. The fourth-order valence-electron chi connectivity index (χ4n) is 2.42. The Kier molecular flexibility index (Phi) is 4.17. The van der Waals surface area contributed by atoms with Gasteiger partial charge in [-0.15, -0.1) is 0 Å². The summed E-state index contributed by atoms with van der Waals surface area (Å²) in [5, 5.41) is 3.51. The summed E-state index contributed by atoms with van der Waals surface area (Å²) in [4.78, 5) is 9.05. The molecule has 0 aliphatic heterocycles. The van der Waals surface area contributed by atoms with Gasteiger partial charge in [-0.3, -0.25) is 0 Å². The van der Waals surface area contributed by atoms with Crippen LogP contribution in [0.25, 0.3) is 0 Å². The Morgan fingerprint density at radius 3 is 2.72 bits per heavy atom. The highest BCUT2D eigenvalue weighted by atomic mass is 16.5. The van der Waals surface area contributed by atoms with Gasteiger partial charge in [-0.25, -0.2) is 9.97 Å². The van der Waals surface area contributed by atoms with E-state index in [0.29, 0.717) is 18.1 Å². The number of anilines is 1. The topological polar surface area (TPSA) is 47.0 Å². The molecule has 1 aromatic heterocycles. The number of nitrogens with one attached hydrogen (secondary N) is 1. The Morgan fingerprint density at radius 2 is 2.11 bits per heavy atom. The molecule has 1 heterocycles. The maximum atomic E-state index is 5.39. The molecule has 1 fully saturated rings. The van der Waals surface area contributed by atoms with Crippen LogP contribution in [-0.2, 0) is 4.74 Å². The van der Waals surface area contributed by atoms with E-state index in [1.54, 1.807) is 7.11 Å². The number of aryl methyl sites for hydroxylation is 1. The van der Waals surface area contributed by atoms with Gasteiger partial charge in [0, 0.05) is 30.8 Å².